The second-order valence-electron chi connectivity index (χ2n) is 5.19. The Hall–Kier alpha value is -0.650. The Bertz CT molecular complexity index is 268. The van der Waals surface area contributed by atoms with Crippen molar-refractivity contribution in [1.82, 2.24) is 4.90 Å². The topological polar surface area (TPSA) is 75.8 Å². The summed E-state index contributed by atoms with van der Waals surface area (Å²) in [7, 11) is 0. The number of nitrogens with zero attached hydrogens (tertiary/aromatic N) is 1. The molecule has 2 bridgehead atoms. The summed E-state index contributed by atoms with van der Waals surface area (Å²) >= 11 is 0. The van der Waals surface area contributed by atoms with Crippen LogP contribution < -0.4 is 5.73 Å². The van der Waals surface area contributed by atoms with E-state index >= 15 is 0 Å². The van der Waals surface area contributed by atoms with E-state index in [1.54, 1.807) is 6.92 Å². The molecular weight excluding hydrogens is 208 g/mol. The third kappa shape index (κ3) is 2.53. The van der Waals surface area contributed by atoms with Crippen LogP contribution in [-0.2, 0) is 9.53 Å². The van der Waals surface area contributed by atoms with Crippen LogP contribution in [0.25, 0.3) is 0 Å². The summed E-state index contributed by atoms with van der Waals surface area (Å²) in [5.74, 6) is -0.927. The lowest BCUT2D eigenvalue weighted by Crippen LogP contribution is -2.50. The Morgan fingerprint density at radius 2 is 2.06 bits per heavy atom. The van der Waals surface area contributed by atoms with Gasteiger partial charge in [0.25, 0.3) is 0 Å². The van der Waals surface area contributed by atoms with E-state index in [-0.39, 0.29) is 0 Å². The molecule has 0 amide bonds. The van der Waals surface area contributed by atoms with E-state index in [1.807, 2.05) is 0 Å². The lowest BCUT2D eigenvalue weighted by atomic mass is 9.99. The molecule has 3 unspecified atom stereocenters. The molecule has 2 aliphatic heterocycles. The number of hydrogen-bond donors (Lipinski definition) is 2. The van der Waals surface area contributed by atoms with Crippen molar-refractivity contribution in [2.24, 2.45) is 5.73 Å². The second-order valence-corrected chi connectivity index (χ2v) is 5.19. The Labute approximate surface area is 95.5 Å². The van der Waals surface area contributed by atoms with Crippen LogP contribution in [0.1, 0.15) is 26.2 Å². The normalized spacial score (nSPS) is 33.6. The van der Waals surface area contributed by atoms with E-state index in [1.165, 1.54) is 0 Å². The standard InChI is InChI=1S/C11H20N2O3/c1-11(12,10(14)15)4-5-13-6-8-2-3-9(7-13)16-8/h8-9H,2-7,12H2,1H3,(H,14,15). The maximum atomic E-state index is 10.9. The summed E-state index contributed by atoms with van der Waals surface area (Å²) in [5, 5.41) is 8.92. The first kappa shape index (κ1) is 11.8. The fraction of sp³-hybridized carbons (Fsp3) is 0.909. The Kier molecular flexibility index (Phi) is 3.19. The molecule has 2 rings (SSSR count). The fourth-order valence-corrected chi connectivity index (χ4v) is 2.38. The summed E-state index contributed by atoms with van der Waals surface area (Å²) in [6, 6.07) is 0. The number of hydrogen-bond acceptors (Lipinski definition) is 4. The molecule has 2 saturated heterocycles. The molecule has 16 heavy (non-hydrogen) atoms. The molecule has 2 aliphatic rings. The van der Waals surface area contributed by atoms with Gasteiger partial charge in [-0.1, -0.05) is 0 Å². The zero-order chi connectivity index (χ0) is 11.8. The molecule has 0 aromatic heterocycles. The molecule has 2 fully saturated rings. The van der Waals surface area contributed by atoms with E-state index in [4.69, 9.17) is 15.6 Å². The Morgan fingerprint density at radius 3 is 2.56 bits per heavy atom. The van der Waals surface area contributed by atoms with Gasteiger partial charge in [-0.15, -0.1) is 0 Å². The molecule has 0 aromatic carbocycles. The number of nitrogens with two attached hydrogens (primary N) is 1. The second kappa shape index (κ2) is 4.31. The number of aliphatic carboxylic acids is 1. The number of rotatable bonds is 4. The Balaban J connectivity index is 1.80. The third-order valence-electron chi connectivity index (χ3n) is 3.56. The highest BCUT2D eigenvalue weighted by Gasteiger charge is 2.35. The highest BCUT2D eigenvalue weighted by molar-refractivity contribution is 5.77. The highest BCUT2D eigenvalue weighted by Crippen LogP contribution is 2.26. The van der Waals surface area contributed by atoms with Crippen LogP contribution in [0.2, 0.25) is 0 Å². The third-order valence-corrected chi connectivity index (χ3v) is 3.56. The summed E-state index contributed by atoms with van der Waals surface area (Å²) in [6.07, 6.45) is 3.47. The van der Waals surface area contributed by atoms with Crippen LogP contribution in [0.15, 0.2) is 0 Å². The van der Waals surface area contributed by atoms with Crippen molar-refractivity contribution in [3.63, 3.8) is 0 Å². The largest absolute Gasteiger partial charge is 0.480 e. The molecule has 3 N–H and O–H groups in total. The minimum Gasteiger partial charge on any atom is -0.480 e. The zero-order valence-electron chi connectivity index (χ0n) is 9.69. The smallest absolute Gasteiger partial charge is 0.323 e. The van der Waals surface area contributed by atoms with Crippen molar-refractivity contribution in [2.75, 3.05) is 19.6 Å². The van der Waals surface area contributed by atoms with Crippen LogP contribution in [0.4, 0.5) is 0 Å². The van der Waals surface area contributed by atoms with Gasteiger partial charge in [-0.2, -0.15) is 0 Å². The van der Waals surface area contributed by atoms with Crippen molar-refractivity contribution in [3.05, 3.63) is 0 Å². The SMILES string of the molecule is CC(N)(CCN1CC2CCC(C1)O2)C(=O)O. The van der Waals surface area contributed by atoms with E-state index in [0.29, 0.717) is 18.6 Å². The maximum Gasteiger partial charge on any atom is 0.323 e. The van der Waals surface area contributed by atoms with E-state index in [9.17, 15) is 4.79 Å². The van der Waals surface area contributed by atoms with Gasteiger partial charge in [0.2, 0.25) is 0 Å². The summed E-state index contributed by atoms with van der Waals surface area (Å²) in [6.45, 7) is 4.17. The number of carboxylic acid groups (broad SMARTS) is 1. The van der Waals surface area contributed by atoms with Crippen LogP contribution >= 0.6 is 0 Å². The predicted octanol–water partition coefficient (Wildman–Crippen LogP) is 0.0417. The molecule has 5 nitrogen and oxygen atoms in total. The number of likely N-dealkylation sites (tertiary alicyclic amines) is 1. The maximum absolute atomic E-state index is 10.9. The van der Waals surface area contributed by atoms with Gasteiger partial charge in [0.1, 0.15) is 5.54 Å². The Morgan fingerprint density at radius 1 is 1.50 bits per heavy atom. The molecule has 5 heteroatoms. The van der Waals surface area contributed by atoms with E-state index in [2.05, 4.69) is 4.90 Å². The minimum atomic E-state index is -1.11. The molecule has 0 radical (unpaired) electrons. The molecule has 2 heterocycles. The number of carboxylic acids is 1. The molecular formula is C11H20N2O3. The lowest BCUT2D eigenvalue weighted by Gasteiger charge is -2.33. The van der Waals surface area contributed by atoms with Gasteiger partial charge < -0.3 is 15.6 Å². The van der Waals surface area contributed by atoms with Crippen LogP contribution in [0.5, 0.6) is 0 Å². The van der Waals surface area contributed by atoms with Crippen LogP contribution in [0, 0.1) is 0 Å². The van der Waals surface area contributed by atoms with Gasteiger partial charge in [-0.25, -0.2) is 0 Å². The summed E-state index contributed by atoms with van der Waals surface area (Å²) < 4.78 is 5.72. The van der Waals surface area contributed by atoms with Gasteiger partial charge in [0, 0.05) is 19.6 Å². The van der Waals surface area contributed by atoms with Gasteiger partial charge >= 0.3 is 5.97 Å². The first-order valence-electron chi connectivity index (χ1n) is 5.87. The van der Waals surface area contributed by atoms with Crippen molar-refractivity contribution >= 4 is 5.97 Å². The average Bonchev–Trinajstić information content (AvgIpc) is 2.55. The van der Waals surface area contributed by atoms with Crippen molar-refractivity contribution in [1.29, 1.82) is 0 Å². The van der Waals surface area contributed by atoms with Crippen LogP contribution in [-0.4, -0.2) is 53.4 Å². The van der Waals surface area contributed by atoms with Gasteiger partial charge in [-0.05, 0) is 26.2 Å². The highest BCUT2D eigenvalue weighted by atomic mass is 16.5. The quantitative estimate of drug-likeness (QED) is 0.710. The first-order valence-corrected chi connectivity index (χ1v) is 5.87. The number of morpholine rings is 1. The predicted molar refractivity (Wildman–Crippen MR) is 59.2 cm³/mol. The summed E-state index contributed by atoms with van der Waals surface area (Å²) in [5.41, 5.74) is 4.59. The number of ether oxygens (including phenoxy) is 1. The minimum absolute atomic E-state index is 0.354. The molecule has 0 aromatic rings. The molecule has 3 atom stereocenters. The summed E-state index contributed by atoms with van der Waals surface area (Å²) in [4.78, 5) is 13.1. The number of fused-ring (bicyclic) bond motifs is 2. The van der Waals surface area contributed by atoms with Gasteiger partial charge in [0.05, 0.1) is 12.2 Å². The zero-order valence-corrected chi connectivity index (χ0v) is 9.69. The first-order chi connectivity index (χ1) is 7.47. The van der Waals surface area contributed by atoms with Crippen LogP contribution in [0.3, 0.4) is 0 Å². The molecule has 0 saturated carbocycles. The number of carbonyl (C=O) groups is 1. The average molecular weight is 228 g/mol. The molecule has 92 valence electrons. The van der Waals surface area contributed by atoms with E-state index in [0.717, 1.165) is 32.5 Å². The van der Waals surface area contributed by atoms with Crippen molar-refractivity contribution in [2.45, 2.75) is 43.9 Å². The van der Waals surface area contributed by atoms with Crippen molar-refractivity contribution < 1.29 is 14.6 Å². The van der Waals surface area contributed by atoms with Gasteiger partial charge in [-0.3, -0.25) is 9.69 Å². The monoisotopic (exact) mass is 228 g/mol. The fourth-order valence-electron chi connectivity index (χ4n) is 2.38. The molecule has 0 spiro atoms. The van der Waals surface area contributed by atoms with Crippen molar-refractivity contribution in [3.8, 4) is 0 Å². The lowest BCUT2D eigenvalue weighted by molar-refractivity contribution is -0.143. The van der Waals surface area contributed by atoms with Gasteiger partial charge in [0.15, 0.2) is 0 Å². The molecule has 0 aliphatic carbocycles. The van der Waals surface area contributed by atoms with E-state index < -0.39 is 11.5 Å².